The van der Waals surface area contributed by atoms with E-state index in [0.717, 1.165) is 12.1 Å². The van der Waals surface area contributed by atoms with Crippen LogP contribution in [0.5, 0.6) is 0 Å². The largest absolute Gasteiger partial charge is 0.379 e. The van der Waals surface area contributed by atoms with Gasteiger partial charge >= 0.3 is 0 Å². The summed E-state index contributed by atoms with van der Waals surface area (Å²) >= 11 is 0. The van der Waals surface area contributed by atoms with Crippen LogP contribution in [0.25, 0.3) is 5.69 Å². The first kappa shape index (κ1) is 21.0. The molecule has 0 aliphatic carbocycles. The highest BCUT2D eigenvalue weighted by molar-refractivity contribution is 5.98. The average Bonchev–Trinajstić information content (AvgIpc) is 3.27. The minimum absolute atomic E-state index is 0.0132. The Morgan fingerprint density at radius 2 is 1.97 bits per heavy atom. The molecular formula is C22H30N4O3. The number of nitrogens with zero attached hydrogens (tertiary/aromatic N) is 3. The fourth-order valence-electron chi connectivity index (χ4n) is 3.53. The molecule has 2 aromatic rings. The number of carbonyl (C=O) groups is 2. The number of hydrogen-bond donors (Lipinski definition) is 1. The Hall–Kier alpha value is -2.67. The van der Waals surface area contributed by atoms with Crippen LogP contribution in [0.15, 0.2) is 42.7 Å². The molecule has 2 amide bonds. The number of hydrogen-bond acceptors (Lipinski definition) is 4. The summed E-state index contributed by atoms with van der Waals surface area (Å²) in [5, 5.41) is 7.24. The highest BCUT2D eigenvalue weighted by Gasteiger charge is 2.28. The maximum absolute atomic E-state index is 13.1. The summed E-state index contributed by atoms with van der Waals surface area (Å²) in [6.45, 7) is 6.45. The van der Waals surface area contributed by atoms with E-state index < -0.39 is 0 Å². The SMILES string of the molecule is CC(C)OCCCNC(=O)C1CCN(C(=O)c2ccccc2-n2cccn2)CC1. The van der Waals surface area contributed by atoms with E-state index in [2.05, 4.69) is 10.4 Å². The Kier molecular flexibility index (Phi) is 7.41. The van der Waals surface area contributed by atoms with Crippen molar-refractivity contribution < 1.29 is 14.3 Å². The van der Waals surface area contributed by atoms with E-state index in [0.29, 0.717) is 44.6 Å². The van der Waals surface area contributed by atoms with Gasteiger partial charge in [-0.15, -0.1) is 0 Å². The molecule has 1 saturated heterocycles. The van der Waals surface area contributed by atoms with Crippen LogP contribution >= 0.6 is 0 Å². The highest BCUT2D eigenvalue weighted by atomic mass is 16.5. The Bertz CT molecular complexity index is 796. The van der Waals surface area contributed by atoms with Crippen molar-refractivity contribution in [3.05, 3.63) is 48.3 Å². The molecule has 1 fully saturated rings. The zero-order valence-corrected chi connectivity index (χ0v) is 17.2. The first-order valence-electron chi connectivity index (χ1n) is 10.3. The third-order valence-corrected chi connectivity index (χ3v) is 5.11. The molecule has 1 aliphatic rings. The maximum atomic E-state index is 13.1. The molecular weight excluding hydrogens is 368 g/mol. The predicted octanol–water partition coefficient (Wildman–Crippen LogP) is 2.66. The quantitative estimate of drug-likeness (QED) is 0.694. The molecule has 0 radical (unpaired) electrons. The molecule has 7 nitrogen and oxygen atoms in total. The zero-order valence-electron chi connectivity index (χ0n) is 17.2. The van der Waals surface area contributed by atoms with Crippen LogP contribution in [-0.2, 0) is 9.53 Å². The lowest BCUT2D eigenvalue weighted by atomic mass is 9.95. The topological polar surface area (TPSA) is 76.5 Å². The zero-order chi connectivity index (χ0) is 20.6. The lowest BCUT2D eigenvalue weighted by Gasteiger charge is -2.31. The number of ether oxygens (including phenoxy) is 1. The van der Waals surface area contributed by atoms with Gasteiger partial charge in [-0.3, -0.25) is 9.59 Å². The van der Waals surface area contributed by atoms with Gasteiger partial charge in [0.1, 0.15) is 0 Å². The molecule has 0 spiro atoms. The number of likely N-dealkylation sites (tertiary alicyclic amines) is 1. The molecule has 0 unspecified atom stereocenters. The molecule has 156 valence electrons. The number of rotatable bonds is 8. The van der Waals surface area contributed by atoms with Gasteiger partial charge in [-0.1, -0.05) is 12.1 Å². The number of para-hydroxylation sites is 1. The number of nitrogens with one attached hydrogen (secondary N) is 1. The smallest absolute Gasteiger partial charge is 0.256 e. The molecule has 1 N–H and O–H groups in total. The normalized spacial score (nSPS) is 14.9. The number of piperidine rings is 1. The van der Waals surface area contributed by atoms with Crippen molar-refractivity contribution in [2.75, 3.05) is 26.2 Å². The second-order valence-electron chi connectivity index (χ2n) is 7.60. The second-order valence-corrected chi connectivity index (χ2v) is 7.60. The summed E-state index contributed by atoms with van der Waals surface area (Å²) in [5.74, 6) is 0.0332. The van der Waals surface area contributed by atoms with Gasteiger partial charge < -0.3 is 15.0 Å². The summed E-state index contributed by atoms with van der Waals surface area (Å²) in [4.78, 5) is 27.3. The van der Waals surface area contributed by atoms with Gasteiger partial charge in [0, 0.05) is 44.6 Å². The summed E-state index contributed by atoms with van der Waals surface area (Å²) in [5.41, 5.74) is 1.40. The van der Waals surface area contributed by atoms with Gasteiger partial charge in [-0.2, -0.15) is 5.10 Å². The fraction of sp³-hybridized carbons (Fsp3) is 0.500. The highest BCUT2D eigenvalue weighted by Crippen LogP contribution is 2.22. The van der Waals surface area contributed by atoms with Crippen molar-refractivity contribution in [2.24, 2.45) is 5.92 Å². The van der Waals surface area contributed by atoms with Crippen LogP contribution < -0.4 is 5.32 Å². The van der Waals surface area contributed by atoms with E-state index >= 15 is 0 Å². The minimum atomic E-state index is -0.0357. The number of aromatic nitrogens is 2. The van der Waals surface area contributed by atoms with Crippen molar-refractivity contribution in [1.82, 2.24) is 20.0 Å². The number of carbonyl (C=O) groups excluding carboxylic acids is 2. The lowest BCUT2D eigenvalue weighted by molar-refractivity contribution is -0.126. The van der Waals surface area contributed by atoms with Gasteiger partial charge in [0.05, 0.1) is 17.4 Å². The predicted molar refractivity (Wildman–Crippen MR) is 111 cm³/mol. The first-order valence-corrected chi connectivity index (χ1v) is 10.3. The molecule has 1 aliphatic heterocycles. The van der Waals surface area contributed by atoms with Crippen molar-refractivity contribution >= 4 is 11.8 Å². The van der Waals surface area contributed by atoms with Gasteiger partial charge in [0.2, 0.25) is 5.91 Å². The lowest BCUT2D eigenvalue weighted by Crippen LogP contribution is -2.43. The Morgan fingerprint density at radius 3 is 2.66 bits per heavy atom. The molecule has 1 aromatic carbocycles. The maximum Gasteiger partial charge on any atom is 0.256 e. The summed E-state index contributed by atoms with van der Waals surface area (Å²) in [7, 11) is 0. The van der Waals surface area contributed by atoms with Gasteiger partial charge in [-0.25, -0.2) is 4.68 Å². The monoisotopic (exact) mass is 398 g/mol. The van der Waals surface area contributed by atoms with E-state index in [1.54, 1.807) is 10.9 Å². The summed E-state index contributed by atoms with van der Waals surface area (Å²) in [6.07, 6.45) is 5.92. The molecule has 0 bridgehead atoms. The van der Waals surface area contributed by atoms with E-state index in [1.807, 2.05) is 55.3 Å². The van der Waals surface area contributed by atoms with E-state index in [1.165, 1.54) is 0 Å². The third kappa shape index (κ3) is 5.67. The Labute approximate surface area is 172 Å². The standard InChI is InChI=1S/C22H30N4O3/c1-17(2)29-16-6-11-23-21(27)18-9-14-25(15-10-18)22(28)19-7-3-4-8-20(19)26-13-5-12-24-26/h3-5,7-8,12-13,17-18H,6,9-11,14-16H2,1-2H3,(H,23,27). The van der Waals surface area contributed by atoms with Gasteiger partial charge in [0.25, 0.3) is 5.91 Å². The molecule has 7 heteroatoms. The van der Waals surface area contributed by atoms with Crippen LogP contribution in [0, 0.1) is 5.92 Å². The van der Waals surface area contributed by atoms with E-state index in [4.69, 9.17) is 4.74 Å². The van der Waals surface area contributed by atoms with Crippen molar-refractivity contribution in [3.63, 3.8) is 0 Å². The summed E-state index contributed by atoms with van der Waals surface area (Å²) in [6, 6.07) is 9.32. The average molecular weight is 399 g/mol. The molecule has 3 rings (SSSR count). The molecule has 29 heavy (non-hydrogen) atoms. The number of benzene rings is 1. The van der Waals surface area contributed by atoms with Crippen LogP contribution in [0.2, 0.25) is 0 Å². The molecule has 0 atom stereocenters. The van der Waals surface area contributed by atoms with Crippen LogP contribution in [0.4, 0.5) is 0 Å². The van der Waals surface area contributed by atoms with Crippen molar-refractivity contribution in [1.29, 1.82) is 0 Å². The Morgan fingerprint density at radius 1 is 1.21 bits per heavy atom. The van der Waals surface area contributed by atoms with Gasteiger partial charge in [0.15, 0.2) is 0 Å². The summed E-state index contributed by atoms with van der Waals surface area (Å²) < 4.78 is 7.19. The minimum Gasteiger partial charge on any atom is -0.379 e. The second kappa shape index (κ2) is 10.2. The van der Waals surface area contributed by atoms with Crippen LogP contribution in [0.1, 0.15) is 43.5 Å². The molecule has 1 aromatic heterocycles. The molecule has 0 saturated carbocycles. The van der Waals surface area contributed by atoms with E-state index in [-0.39, 0.29) is 23.8 Å². The fourth-order valence-corrected chi connectivity index (χ4v) is 3.53. The van der Waals surface area contributed by atoms with Crippen molar-refractivity contribution in [2.45, 2.75) is 39.2 Å². The first-order chi connectivity index (χ1) is 14.1. The number of amides is 2. The van der Waals surface area contributed by atoms with Crippen LogP contribution in [-0.4, -0.2) is 58.8 Å². The Balaban J connectivity index is 1.50. The third-order valence-electron chi connectivity index (χ3n) is 5.11. The van der Waals surface area contributed by atoms with E-state index in [9.17, 15) is 9.59 Å². The molecule has 2 heterocycles. The van der Waals surface area contributed by atoms with Crippen molar-refractivity contribution in [3.8, 4) is 5.69 Å². The van der Waals surface area contributed by atoms with Gasteiger partial charge in [-0.05, 0) is 51.3 Å². The van der Waals surface area contributed by atoms with Crippen LogP contribution in [0.3, 0.4) is 0 Å².